The summed E-state index contributed by atoms with van der Waals surface area (Å²) >= 11 is 3.40. The summed E-state index contributed by atoms with van der Waals surface area (Å²) in [5.41, 5.74) is 0.818. The van der Waals surface area contributed by atoms with Gasteiger partial charge >= 0.3 is 0 Å². The molecule has 25 heavy (non-hydrogen) atoms. The summed E-state index contributed by atoms with van der Waals surface area (Å²) in [6.07, 6.45) is 2.12. The Kier molecular flexibility index (Phi) is 6.10. The minimum Gasteiger partial charge on any atom is -0.476 e. The minimum atomic E-state index is -0.700. The van der Waals surface area contributed by atoms with E-state index in [2.05, 4.69) is 21.2 Å². The normalized spacial score (nSPS) is 21.4. The number of rotatable bonds is 5. The van der Waals surface area contributed by atoms with Gasteiger partial charge in [0.1, 0.15) is 5.75 Å². The predicted octanol–water partition coefficient (Wildman–Crippen LogP) is 3.99. The van der Waals surface area contributed by atoms with Crippen molar-refractivity contribution in [3.63, 3.8) is 0 Å². The first-order valence-electron chi connectivity index (χ1n) is 8.57. The van der Waals surface area contributed by atoms with Gasteiger partial charge in [0.25, 0.3) is 5.91 Å². The average molecular weight is 404 g/mol. The minimum absolute atomic E-state index is 0.0932. The Morgan fingerprint density at radius 1 is 1.04 bits per heavy atom. The molecule has 1 aliphatic rings. The molecule has 1 fully saturated rings. The van der Waals surface area contributed by atoms with Crippen molar-refractivity contribution < 1.29 is 14.6 Å². The van der Waals surface area contributed by atoms with Gasteiger partial charge in [-0.25, -0.2) is 0 Å². The fourth-order valence-corrected chi connectivity index (χ4v) is 3.31. The molecule has 0 bridgehead atoms. The summed E-state index contributed by atoms with van der Waals surface area (Å²) in [5.74, 6) is 0.502. The van der Waals surface area contributed by atoms with E-state index in [1.165, 1.54) is 0 Å². The van der Waals surface area contributed by atoms with Crippen molar-refractivity contribution in [1.82, 2.24) is 5.32 Å². The van der Waals surface area contributed by atoms with Gasteiger partial charge in [-0.15, -0.1) is 0 Å². The van der Waals surface area contributed by atoms with Crippen LogP contribution in [0.2, 0.25) is 0 Å². The van der Waals surface area contributed by atoms with Crippen molar-refractivity contribution in [2.45, 2.75) is 43.9 Å². The lowest BCUT2D eigenvalue weighted by Crippen LogP contribution is -2.42. The predicted molar refractivity (Wildman–Crippen MR) is 100 cm³/mol. The summed E-state index contributed by atoms with van der Waals surface area (Å²) < 4.78 is 6.96. The maximum atomic E-state index is 12.9. The van der Waals surface area contributed by atoms with Gasteiger partial charge in [0.15, 0.2) is 0 Å². The smallest absolute Gasteiger partial charge is 0.266 e. The monoisotopic (exact) mass is 403 g/mol. The van der Waals surface area contributed by atoms with Crippen LogP contribution in [0.25, 0.3) is 0 Å². The van der Waals surface area contributed by atoms with Gasteiger partial charge in [0, 0.05) is 16.1 Å². The van der Waals surface area contributed by atoms with Crippen LogP contribution >= 0.6 is 15.9 Å². The van der Waals surface area contributed by atoms with Crippen molar-refractivity contribution in [2.75, 3.05) is 0 Å². The van der Waals surface area contributed by atoms with Crippen molar-refractivity contribution in [3.05, 3.63) is 64.6 Å². The summed E-state index contributed by atoms with van der Waals surface area (Å²) in [4.78, 5) is 12.9. The molecule has 0 radical (unpaired) electrons. The molecular formula is C20H22BrNO3. The van der Waals surface area contributed by atoms with Gasteiger partial charge in [-0.2, -0.15) is 0 Å². The van der Waals surface area contributed by atoms with Gasteiger partial charge in [0.05, 0.1) is 6.10 Å². The SMILES string of the molecule is O=C(NC1CCC(O)CC1)C(Oc1ccc(Br)cc1)c1ccccc1. The number of carbonyl (C=O) groups is 1. The topological polar surface area (TPSA) is 58.6 Å². The molecule has 0 aliphatic heterocycles. The van der Waals surface area contributed by atoms with E-state index in [0.717, 1.165) is 35.7 Å². The van der Waals surface area contributed by atoms with Crippen LogP contribution in [-0.2, 0) is 4.79 Å². The number of aliphatic hydroxyl groups is 1. The Hall–Kier alpha value is -1.85. The van der Waals surface area contributed by atoms with E-state index in [4.69, 9.17) is 4.74 Å². The van der Waals surface area contributed by atoms with Crippen molar-refractivity contribution in [1.29, 1.82) is 0 Å². The van der Waals surface area contributed by atoms with Crippen LogP contribution in [0.5, 0.6) is 5.75 Å². The first kappa shape index (κ1) is 18.0. The third-order valence-electron chi connectivity index (χ3n) is 4.45. The molecule has 0 heterocycles. The van der Waals surface area contributed by atoms with Crippen LogP contribution in [-0.4, -0.2) is 23.2 Å². The van der Waals surface area contributed by atoms with Crippen LogP contribution in [0.4, 0.5) is 0 Å². The quantitative estimate of drug-likeness (QED) is 0.793. The summed E-state index contributed by atoms with van der Waals surface area (Å²) in [7, 11) is 0. The molecule has 5 heteroatoms. The second-order valence-electron chi connectivity index (χ2n) is 6.38. The number of amides is 1. The average Bonchev–Trinajstić information content (AvgIpc) is 2.64. The zero-order valence-electron chi connectivity index (χ0n) is 13.9. The Morgan fingerprint density at radius 3 is 2.32 bits per heavy atom. The number of aliphatic hydroxyl groups excluding tert-OH is 1. The molecule has 1 unspecified atom stereocenters. The zero-order chi connectivity index (χ0) is 17.6. The third-order valence-corrected chi connectivity index (χ3v) is 4.98. The Labute approximate surface area is 156 Å². The van der Waals surface area contributed by atoms with Crippen LogP contribution in [0.15, 0.2) is 59.1 Å². The fraction of sp³-hybridized carbons (Fsp3) is 0.350. The van der Waals surface area contributed by atoms with Gasteiger partial charge in [-0.1, -0.05) is 46.3 Å². The number of ether oxygens (including phenoxy) is 1. The standard InChI is InChI=1S/C20H22BrNO3/c21-15-6-12-18(13-7-15)25-19(14-4-2-1-3-5-14)20(24)22-16-8-10-17(23)11-9-16/h1-7,12-13,16-17,19,23H,8-11H2,(H,22,24). The lowest BCUT2D eigenvalue weighted by Gasteiger charge is -2.28. The van der Waals surface area contributed by atoms with Crippen molar-refractivity contribution in [3.8, 4) is 5.75 Å². The van der Waals surface area contributed by atoms with E-state index >= 15 is 0 Å². The molecule has 1 saturated carbocycles. The maximum Gasteiger partial charge on any atom is 0.266 e. The molecule has 0 aromatic heterocycles. The molecule has 1 amide bonds. The molecule has 1 aliphatic carbocycles. The highest BCUT2D eigenvalue weighted by Crippen LogP contribution is 2.25. The van der Waals surface area contributed by atoms with Crippen LogP contribution in [0.3, 0.4) is 0 Å². The van der Waals surface area contributed by atoms with E-state index in [-0.39, 0.29) is 18.1 Å². The molecule has 132 valence electrons. The first-order chi connectivity index (χ1) is 12.1. The van der Waals surface area contributed by atoms with Crippen LogP contribution < -0.4 is 10.1 Å². The molecule has 2 aromatic rings. The molecule has 1 atom stereocenters. The molecule has 0 spiro atoms. The highest BCUT2D eigenvalue weighted by molar-refractivity contribution is 9.10. The first-order valence-corrected chi connectivity index (χ1v) is 9.37. The number of carbonyl (C=O) groups excluding carboxylic acids is 1. The Balaban J connectivity index is 1.73. The lowest BCUT2D eigenvalue weighted by molar-refractivity contribution is -0.129. The second-order valence-corrected chi connectivity index (χ2v) is 7.29. The lowest BCUT2D eigenvalue weighted by atomic mass is 9.93. The highest BCUT2D eigenvalue weighted by Gasteiger charge is 2.27. The van der Waals surface area contributed by atoms with Gasteiger partial charge in [-0.05, 0) is 49.9 Å². The molecule has 4 nitrogen and oxygen atoms in total. The van der Waals surface area contributed by atoms with E-state index in [9.17, 15) is 9.90 Å². The molecular weight excluding hydrogens is 382 g/mol. The van der Waals surface area contributed by atoms with Crippen LogP contribution in [0.1, 0.15) is 37.4 Å². The number of hydrogen-bond donors (Lipinski definition) is 2. The number of halogens is 1. The Morgan fingerprint density at radius 2 is 1.68 bits per heavy atom. The summed E-state index contributed by atoms with van der Waals surface area (Å²) in [6, 6.07) is 17.1. The number of benzene rings is 2. The molecule has 0 saturated heterocycles. The van der Waals surface area contributed by atoms with E-state index < -0.39 is 6.10 Å². The van der Waals surface area contributed by atoms with E-state index in [0.29, 0.717) is 5.75 Å². The number of nitrogens with one attached hydrogen (secondary N) is 1. The van der Waals surface area contributed by atoms with E-state index in [1.807, 2.05) is 54.6 Å². The third kappa shape index (κ3) is 5.06. The van der Waals surface area contributed by atoms with Crippen molar-refractivity contribution >= 4 is 21.8 Å². The fourth-order valence-electron chi connectivity index (χ4n) is 3.05. The number of hydrogen-bond acceptors (Lipinski definition) is 3. The largest absolute Gasteiger partial charge is 0.476 e. The zero-order valence-corrected chi connectivity index (χ0v) is 15.5. The summed E-state index contributed by atoms with van der Waals surface area (Å²) in [6.45, 7) is 0. The maximum absolute atomic E-state index is 12.9. The highest BCUT2D eigenvalue weighted by atomic mass is 79.9. The Bertz CT molecular complexity index is 682. The van der Waals surface area contributed by atoms with E-state index in [1.54, 1.807) is 0 Å². The molecule has 3 rings (SSSR count). The second kappa shape index (κ2) is 8.50. The molecule has 2 N–H and O–H groups in total. The van der Waals surface area contributed by atoms with Crippen LogP contribution in [0, 0.1) is 0 Å². The van der Waals surface area contributed by atoms with Gasteiger partial charge in [0.2, 0.25) is 6.10 Å². The summed E-state index contributed by atoms with van der Waals surface area (Å²) in [5, 5.41) is 12.7. The van der Waals surface area contributed by atoms with Crippen molar-refractivity contribution in [2.24, 2.45) is 0 Å². The van der Waals surface area contributed by atoms with Gasteiger partial charge < -0.3 is 15.2 Å². The molecule has 2 aromatic carbocycles. The van der Waals surface area contributed by atoms with Gasteiger partial charge in [-0.3, -0.25) is 4.79 Å².